The summed E-state index contributed by atoms with van der Waals surface area (Å²) in [4.78, 5) is 15.2. The molecule has 0 aromatic carbocycles. The second-order valence-electron chi connectivity index (χ2n) is 5.52. The van der Waals surface area contributed by atoms with E-state index < -0.39 is 0 Å². The zero-order valence-corrected chi connectivity index (χ0v) is 14.5. The molecule has 0 radical (unpaired) electrons. The quantitative estimate of drug-likeness (QED) is 0.788. The number of carbonyl (C=O) groups excluding carboxylic acids is 1. The molecule has 6 heteroatoms. The molecule has 100 valence electrons. The number of rotatable bonds is 1. The first kappa shape index (κ1) is 14.5. The van der Waals surface area contributed by atoms with Gasteiger partial charge < -0.3 is 10.6 Å². The molecular formula is C12H16Br2N2OS. The smallest absolute Gasteiger partial charge is 0.225 e. The Morgan fingerprint density at radius 1 is 1.44 bits per heavy atom. The van der Waals surface area contributed by atoms with Gasteiger partial charge in [-0.25, -0.2) is 0 Å². The Kier molecular flexibility index (Phi) is 3.94. The maximum atomic E-state index is 12.1. The van der Waals surface area contributed by atoms with Gasteiger partial charge >= 0.3 is 0 Å². The van der Waals surface area contributed by atoms with Gasteiger partial charge in [-0.05, 0) is 58.7 Å². The second-order valence-corrected chi connectivity index (χ2v) is 8.77. The minimum atomic E-state index is -0.210. The van der Waals surface area contributed by atoms with E-state index in [1.807, 2.05) is 25.7 Å². The van der Waals surface area contributed by atoms with E-state index in [0.717, 1.165) is 13.1 Å². The zero-order chi connectivity index (χ0) is 13.7. The summed E-state index contributed by atoms with van der Waals surface area (Å²) < 4.78 is 2.06. The first-order valence-corrected chi connectivity index (χ1v) is 8.14. The summed E-state index contributed by atoms with van der Waals surface area (Å²) in [5, 5.41) is 0. The van der Waals surface area contributed by atoms with Gasteiger partial charge in [-0.15, -0.1) is 11.3 Å². The van der Waals surface area contributed by atoms with Gasteiger partial charge in [-0.3, -0.25) is 4.79 Å². The molecule has 0 saturated carbocycles. The average molecular weight is 396 g/mol. The van der Waals surface area contributed by atoms with Crippen molar-refractivity contribution in [3.05, 3.63) is 19.2 Å². The van der Waals surface area contributed by atoms with Crippen molar-refractivity contribution in [1.82, 2.24) is 4.90 Å². The number of nitrogens with two attached hydrogens (primary N) is 1. The summed E-state index contributed by atoms with van der Waals surface area (Å²) in [6, 6.07) is 1.90. The molecule has 3 nitrogen and oxygen atoms in total. The minimum absolute atomic E-state index is 0.0231. The third-order valence-electron chi connectivity index (χ3n) is 3.04. The number of hydrogen-bond donors (Lipinski definition) is 1. The summed E-state index contributed by atoms with van der Waals surface area (Å²) in [6.45, 7) is 6.15. The van der Waals surface area contributed by atoms with Crippen molar-refractivity contribution in [3.63, 3.8) is 0 Å². The largest absolute Gasteiger partial charge is 0.328 e. The lowest BCUT2D eigenvalue weighted by Gasteiger charge is -2.37. The highest BCUT2D eigenvalue weighted by atomic mass is 79.9. The number of hydrogen-bond acceptors (Lipinski definition) is 3. The van der Waals surface area contributed by atoms with E-state index in [9.17, 15) is 4.79 Å². The molecule has 2 heterocycles. The number of likely N-dealkylation sites (tertiary alicyclic amines) is 1. The van der Waals surface area contributed by atoms with Gasteiger partial charge in [0, 0.05) is 27.4 Å². The Labute approximate surface area is 128 Å². The molecule has 2 rings (SSSR count). The van der Waals surface area contributed by atoms with Gasteiger partial charge in [0.2, 0.25) is 5.91 Å². The summed E-state index contributed by atoms with van der Waals surface area (Å²) in [7, 11) is 0. The number of amides is 1. The van der Waals surface area contributed by atoms with Crippen molar-refractivity contribution in [2.24, 2.45) is 5.73 Å². The average Bonchev–Trinajstić information content (AvgIpc) is 2.67. The lowest BCUT2D eigenvalue weighted by atomic mass is 10.0. The van der Waals surface area contributed by atoms with Crippen LogP contribution < -0.4 is 5.73 Å². The molecule has 2 unspecified atom stereocenters. The van der Waals surface area contributed by atoms with Crippen molar-refractivity contribution in [1.29, 1.82) is 0 Å². The minimum Gasteiger partial charge on any atom is -0.328 e. The number of thiophene rings is 1. The summed E-state index contributed by atoms with van der Waals surface area (Å²) in [5.41, 5.74) is 5.95. The third-order valence-corrected chi connectivity index (χ3v) is 6.37. The summed E-state index contributed by atoms with van der Waals surface area (Å²) >= 11 is 8.62. The van der Waals surface area contributed by atoms with Crippen LogP contribution >= 0.6 is 43.2 Å². The Bertz CT molecular complexity index is 461. The molecule has 1 fully saturated rings. The summed E-state index contributed by atoms with van der Waals surface area (Å²) in [6.07, 6.45) is 0.426. The van der Waals surface area contributed by atoms with Crippen molar-refractivity contribution >= 4 is 49.1 Å². The van der Waals surface area contributed by atoms with Crippen LogP contribution in [0.25, 0.3) is 0 Å². The molecule has 2 N–H and O–H groups in total. The molecule has 0 bridgehead atoms. The van der Waals surface area contributed by atoms with Crippen LogP contribution in [0.4, 0.5) is 0 Å². The van der Waals surface area contributed by atoms with Crippen LogP contribution in [0, 0.1) is 0 Å². The lowest BCUT2D eigenvalue weighted by Crippen LogP contribution is -2.45. The van der Waals surface area contributed by atoms with Crippen LogP contribution in [-0.4, -0.2) is 22.4 Å². The Hall–Kier alpha value is 0.0900. The SMILES string of the molecule is CC(C)(C)N1C(=O)CC(N)C1c1cc(Br)c(Br)s1. The van der Waals surface area contributed by atoms with E-state index in [0.29, 0.717) is 6.42 Å². The first-order valence-electron chi connectivity index (χ1n) is 5.74. The lowest BCUT2D eigenvalue weighted by molar-refractivity contribution is -0.133. The van der Waals surface area contributed by atoms with Crippen LogP contribution in [0.5, 0.6) is 0 Å². The predicted octanol–water partition coefficient (Wildman–Crippen LogP) is 3.67. The van der Waals surface area contributed by atoms with Gasteiger partial charge in [0.15, 0.2) is 0 Å². The van der Waals surface area contributed by atoms with Crippen molar-refractivity contribution in [2.45, 2.75) is 44.8 Å². The molecule has 0 spiro atoms. The number of halogens is 2. The Morgan fingerprint density at radius 3 is 2.50 bits per heavy atom. The van der Waals surface area contributed by atoms with Crippen LogP contribution in [0.3, 0.4) is 0 Å². The van der Waals surface area contributed by atoms with Crippen molar-refractivity contribution in [2.75, 3.05) is 0 Å². The highest BCUT2D eigenvalue weighted by molar-refractivity contribution is 9.13. The predicted molar refractivity (Wildman–Crippen MR) is 81.7 cm³/mol. The van der Waals surface area contributed by atoms with Crippen LogP contribution in [0.2, 0.25) is 0 Å². The van der Waals surface area contributed by atoms with Gasteiger partial charge in [0.25, 0.3) is 0 Å². The van der Waals surface area contributed by atoms with E-state index >= 15 is 0 Å². The molecule has 1 aliphatic heterocycles. The van der Waals surface area contributed by atoms with E-state index in [4.69, 9.17) is 5.73 Å². The van der Waals surface area contributed by atoms with Gasteiger partial charge in [0.05, 0.1) is 9.83 Å². The highest BCUT2D eigenvalue weighted by Crippen LogP contribution is 2.43. The molecule has 1 saturated heterocycles. The van der Waals surface area contributed by atoms with Gasteiger partial charge in [-0.1, -0.05) is 0 Å². The van der Waals surface area contributed by atoms with Crippen LogP contribution in [0.15, 0.2) is 14.3 Å². The van der Waals surface area contributed by atoms with E-state index in [2.05, 4.69) is 37.9 Å². The Balaban J connectivity index is 2.43. The fourth-order valence-corrected chi connectivity index (χ4v) is 4.65. The van der Waals surface area contributed by atoms with E-state index in [1.54, 1.807) is 11.3 Å². The van der Waals surface area contributed by atoms with Gasteiger partial charge in [-0.2, -0.15) is 0 Å². The molecule has 1 amide bonds. The second kappa shape index (κ2) is 4.89. The fraction of sp³-hybridized carbons (Fsp3) is 0.583. The van der Waals surface area contributed by atoms with Gasteiger partial charge in [0.1, 0.15) is 0 Å². The van der Waals surface area contributed by atoms with E-state index in [-0.39, 0.29) is 23.5 Å². The topological polar surface area (TPSA) is 46.3 Å². The van der Waals surface area contributed by atoms with Crippen LogP contribution in [-0.2, 0) is 4.79 Å². The Morgan fingerprint density at radius 2 is 2.06 bits per heavy atom. The normalized spacial score (nSPS) is 25.0. The summed E-state index contributed by atoms with van der Waals surface area (Å²) in [5.74, 6) is 0.139. The van der Waals surface area contributed by atoms with Crippen LogP contribution in [0.1, 0.15) is 38.1 Å². The molecular weight excluding hydrogens is 380 g/mol. The molecule has 1 aromatic heterocycles. The van der Waals surface area contributed by atoms with Crippen molar-refractivity contribution in [3.8, 4) is 0 Å². The molecule has 1 aliphatic rings. The number of carbonyl (C=O) groups is 1. The molecule has 0 aliphatic carbocycles. The monoisotopic (exact) mass is 394 g/mol. The maximum Gasteiger partial charge on any atom is 0.225 e. The van der Waals surface area contributed by atoms with Crippen molar-refractivity contribution < 1.29 is 4.79 Å². The molecule has 18 heavy (non-hydrogen) atoms. The zero-order valence-electron chi connectivity index (χ0n) is 10.5. The fourth-order valence-electron chi connectivity index (χ4n) is 2.40. The standard InChI is InChI=1S/C12H16Br2N2OS/c1-12(2,3)16-9(17)5-7(15)10(16)8-4-6(13)11(14)18-8/h4,7,10H,5,15H2,1-3H3. The highest BCUT2D eigenvalue weighted by Gasteiger charge is 2.44. The van der Waals surface area contributed by atoms with E-state index in [1.165, 1.54) is 0 Å². The molecule has 1 aromatic rings. The first-order chi connectivity index (χ1) is 8.21. The third kappa shape index (κ3) is 2.53. The molecule has 2 atom stereocenters. The maximum absolute atomic E-state index is 12.1. The number of nitrogens with zero attached hydrogens (tertiary/aromatic N) is 1.